The number of hydrogen-bond donors (Lipinski definition) is 0. The molecule has 0 N–H and O–H groups in total. The van der Waals surface area contributed by atoms with Gasteiger partial charge in [0.1, 0.15) is 0 Å². The Morgan fingerprint density at radius 1 is 0.760 bits per heavy atom. The fourth-order valence-corrected chi connectivity index (χ4v) is 3.92. The van der Waals surface area contributed by atoms with E-state index in [0.29, 0.717) is 0 Å². The molecule has 3 aromatic carbocycles. The molecule has 0 amide bonds. The highest BCUT2D eigenvalue weighted by atomic mass is 16.5. The van der Waals surface area contributed by atoms with Crippen molar-refractivity contribution in [3.8, 4) is 11.1 Å². The molecule has 0 aromatic heterocycles. The Hall–Kier alpha value is -2.06. The topological polar surface area (TPSA) is 9.23 Å². The van der Waals surface area contributed by atoms with Crippen molar-refractivity contribution in [3.05, 3.63) is 66.7 Å². The first-order valence-corrected chi connectivity index (χ1v) is 9.14. The molecular formula is C23H25BO. The minimum Gasteiger partial charge on any atom is -0.426 e. The smallest absolute Gasteiger partial charge is 0.328 e. The van der Waals surface area contributed by atoms with Crippen LogP contribution in [-0.4, -0.2) is 12.5 Å². The molecule has 25 heavy (non-hydrogen) atoms. The number of fused-ring (bicyclic) bond motifs is 1. The summed E-state index contributed by atoms with van der Waals surface area (Å²) in [5, 5.41) is 2.61. The van der Waals surface area contributed by atoms with Crippen LogP contribution in [0.4, 0.5) is 0 Å². The molecule has 126 valence electrons. The van der Waals surface area contributed by atoms with E-state index in [1.54, 1.807) is 0 Å². The van der Waals surface area contributed by atoms with Crippen molar-refractivity contribution in [1.29, 1.82) is 0 Å². The first-order valence-electron chi connectivity index (χ1n) is 9.14. The van der Waals surface area contributed by atoms with Crippen molar-refractivity contribution in [2.75, 3.05) is 0 Å². The van der Waals surface area contributed by atoms with E-state index in [2.05, 4.69) is 94.4 Å². The van der Waals surface area contributed by atoms with E-state index in [0.717, 1.165) is 6.32 Å². The third-order valence-electron chi connectivity index (χ3n) is 6.15. The van der Waals surface area contributed by atoms with E-state index in [1.165, 1.54) is 27.4 Å². The highest BCUT2D eigenvalue weighted by Crippen LogP contribution is 2.45. The first kappa shape index (κ1) is 16.4. The fourth-order valence-electron chi connectivity index (χ4n) is 3.92. The van der Waals surface area contributed by atoms with Gasteiger partial charge in [-0.15, -0.1) is 0 Å². The van der Waals surface area contributed by atoms with Crippen LogP contribution in [0.1, 0.15) is 27.7 Å². The number of benzene rings is 3. The van der Waals surface area contributed by atoms with Gasteiger partial charge in [0.15, 0.2) is 0 Å². The molecule has 1 nitrogen and oxygen atoms in total. The molecule has 0 spiro atoms. The van der Waals surface area contributed by atoms with Gasteiger partial charge in [0.2, 0.25) is 0 Å². The summed E-state index contributed by atoms with van der Waals surface area (Å²) in [6.07, 6.45) is 1.05. The summed E-state index contributed by atoms with van der Waals surface area (Å²) >= 11 is 0. The predicted octanol–water partition coefficient (Wildman–Crippen LogP) is 5.54. The maximum atomic E-state index is 6.50. The lowest BCUT2D eigenvalue weighted by molar-refractivity contribution is 0.0376. The Labute approximate surface area is 151 Å². The van der Waals surface area contributed by atoms with Crippen LogP contribution >= 0.6 is 0 Å². The average molecular weight is 328 g/mol. The van der Waals surface area contributed by atoms with E-state index in [9.17, 15) is 0 Å². The summed E-state index contributed by atoms with van der Waals surface area (Å²) < 4.78 is 6.50. The molecule has 0 atom stereocenters. The Balaban J connectivity index is 1.85. The van der Waals surface area contributed by atoms with E-state index < -0.39 is 0 Å². The van der Waals surface area contributed by atoms with E-state index in [4.69, 9.17) is 4.65 Å². The molecule has 1 fully saturated rings. The summed E-state index contributed by atoms with van der Waals surface area (Å²) in [7, 11) is 0. The highest BCUT2D eigenvalue weighted by Gasteiger charge is 2.50. The SMILES string of the molecule is CC1(C)CB(c2cccc3c(-c4ccccc4)cccc23)OC1(C)C. The van der Waals surface area contributed by atoms with Gasteiger partial charge in [-0.25, -0.2) is 0 Å². The van der Waals surface area contributed by atoms with Gasteiger partial charge in [0.05, 0.1) is 5.60 Å². The van der Waals surface area contributed by atoms with Gasteiger partial charge in [-0.2, -0.15) is 0 Å². The number of rotatable bonds is 2. The largest absolute Gasteiger partial charge is 0.426 e. The fraction of sp³-hybridized carbons (Fsp3) is 0.304. The van der Waals surface area contributed by atoms with Crippen LogP contribution in [0, 0.1) is 5.41 Å². The zero-order valence-corrected chi connectivity index (χ0v) is 15.5. The summed E-state index contributed by atoms with van der Waals surface area (Å²) in [6, 6.07) is 23.9. The highest BCUT2D eigenvalue weighted by molar-refractivity contribution is 6.71. The molecule has 0 aliphatic carbocycles. The zero-order valence-electron chi connectivity index (χ0n) is 15.5. The van der Waals surface area contributed by atoms with Crippen molar-refractivity contribution >= 4 is 23.2 Å². The molecule has 0 unspecified atom stereocenters. The van der Waals surface area contributed by atoms with Crippen LogP contribution in [-0.2, 0) is 4.65 Å². The molecule has 2 heteroatoms. The van der Waals surface area contributed by atoms with Gasteiger partial charge >= 0.3 is 6.92 Å². The van der Waals surface area contributed by atoms with Gasteiger partial charge < -0.3 is 4.65 Å². The van der Waals surface area contributed by atoms with Crippen LogP contribution in [0.15, 0.2) is 66.7 Å². The van der Waals surface area contributed by atoms with Crippen molar-refractivity contribution in [2.45, 2.75) is 39.6 Å². The summed E-state index contributed by atoms with van der Waals surface area (Å²) in [4.78, 5) is 0. The molecule has 0 bridgehead atoms. The Morgan fingerprint density at radius 2 is 1.44 bits per heavy atom. The van der Waals surface area contributed by atoms with Crippen molar-refractivity contribution in [3.63, 3.8) is 0 Å². The molecule has 1 aliphatic rings. The van der Waals surface area contributed by atoms with E-state index in [-0.39, 0.29) is 17.9 Å². The van der Waals surface area contributed by atoms with E-state index in [1.807, 2.05) is 0 Å². The second kappa shape index (κ2) is 5.74. The molecule has 3 aromatic rings. The molecule has 1 heterocycles. The average Bonchev–Trinajstić information content (AvgIpc) is 2.82. The predicted molar refractivity (Wildman–Crippen MR) is 109 cm³/mol. The summed E-state index contributed by atoms with van der Waals surface area (Å²) in [5.74, 6) is 0. The molecule has 1 aliphatic heterocycles. The van der Waals surface area contributed by atoms with Gasteiger partial charge in [0, 0.05) is 0 Å². The van der Waals surface area contributed by atoms with Gasteiger partial charge in [-0.05, 0) is 52.9 Å². The quantitative estimate of drug-likeness (QED) is 0.561. The Kier molecular flexibility index (Phi) is 3.77. The molecular weight excluding hydrogens is 303 g/mol. The maximum Gasteiger partial charge on any atom is 0.328 e. The Bertz CT molecular complexity index is 896. The van der Waals surface area contributed by atoms with Gasteiger partial charge in [0.25, 0.3) is 0 Å². The Morgan fingerprint density at radius 3 is 2.12 bits per heavy atom. The van der Waals surface area contributed by atoms with Gasteiger partial charge in [-0.3, -0.25) is 0 Å². The third kappa shape index (κ3) is 2.69. The lowest BCUT2D eigenvalue weighted by Gasteiger charge is -2.34. The second-order valence-electron chi connectivity index (χ2n) is 8.32. The zero-order chi connectivity index (χ0) is 17.7. The molecule has 4 rings (SSSR count). The van der Waals surface area contributed by atoms with E-state index >= 15 is 0 Å². The van der Waals surface area contributed by atoms with Crippen molar-refractivity contribution in [1.82, 2.24) is 0 Å². The van der Waals surface area contributed by atoms with Crippen molar-refractivity contribution in [2.24, 2.45) is 5.41 Å². The molecule has 0 saturated carbocycles. The minimum atomic E-state index is -0.114. The standard InChI is InChI=1S/C23H25BO/c1-22(2)16-24(25-23(22,3)4)21-15-9-13-19-18(12-8-14-20(19)21)17-10-6-5-7-11-17/h5-15H,16H2,1-4H3. The van der Waals surface area contributed by atoms with Crippen LogP contribution < -0.4 is 5.46 Å². The molecule has 1 saturated heterocycles. The normalized spacial score (nSPS) is 18.6. The van der Waals surface area contributed by atoms with Crippen LogP contribution in [0.3, 0.4) is 0 Å². The summed E-state index contributed by atoms with van der Waals surface area (Å²) in [6.45, 7) is 9.21. The van der Waals surface area contributed by atoms with Crippen LogP contribution in [0.25, 0.3) is 21.9 Å². The third-order valence-corrected chi connectivity index (χ3v) is 6.15. The number of hydrogen-bond acceptors (Lipinski definition) is 1. The lowest BCUT2D eigenvalue weighted by atomic mass is 9.53. The van der Waals surface area contributed by atoms with Gasteiger partial charge in [-0.1, -0.05) is 80.6 Å². The first-order chi connectivity index (χ1) is 11.9. The maximum absolute atomic E-state index is 6.50. The second-order valence-corrected chi connectivity index (χ2v) is 8.32. The van der Waals surface area contributed by atoms with Crippen LogP contribution in [0.2, 0.25) is 6.32 Å². The monoisotopic (exact) mass is 328 g/mol. The molecule has 0 radical (unpaired) electrons. The van der Waals surface area contributed by atoms with Crippen LogP contribution in [0.5, 0.6) is 0 Å². The summed E-state index contributed by atoms with van der Waals surface area (Å²) in [5.41, 5.74) is 3.91. The lowest BCUT2D eigenvalue weighted by Crippen LogP contribution is -2.36. The van der Waals surface area contributed by atoms with Crippen molar-refractivity contribution < 1.29 is 4.65 Å². The minimum absolute atomic E-state index is 0.114.